The second-order valence-electron chi connectivity index (χ2n) is 4.45. The quantitative estimate of drug-likeness (QED) is 0.532. The fraction of sp³-hybridized carbons (Fsp3) is 1.00. The second-order valence-corrected chi connectivity index (χ2v) is 4.45. The summed E-state index contributed by atoms with van der Waals surface area (Å²) in [5.41, 5.74) is 0. The molecule has 3 heteroatoms. The van der Waals surface area contributed by atoms with Crippen LogP contribution in [0.4, 0.5) is 0 Å². The molecule has 16 heavy (non-hydrogen) atoms. The highest BCUT2D eigenvalue weighted by atomic mass is 16.2. The third kappa shape index (κ3) is 9.13. The second kappa shape index (κ2) is 11.4. The van der Waals surface area contributed by atoms with Gasteiger partial charge in [-0.1, -0.05) is 13.8 Å². The molecule has 0 bridgehead atoms. The minimum absolute atomic E-state index is 0.317. The molecule has 0 aromatic carbocycles. The van der Waals surface area contributed by atoms with Crippen LogP contribution in [0, 0.1) is 0 Å². The molecule has 0 aliphatic carbocycles. The molecule has 0 saturated carbocycles. The van der Waals surface area contributed by atoms with E-state index in [-0.39, 0.29) is 0 Å². The van der Waals surface area contributed by atoms with Gasteiger partial charge in [-0.05, 0) is 58.8 Å². The van der Waals surface area contributed by atoms with Crippen LogP contribution in [0.15, 0.2) is 0 Å². The van der Waals surface area contributed by atoms with E-state index >= 15 is 0 Å². The Hall–Kier alpha value is -0.120. The maximum atomic E-state index is 8.65. The summed E-state index contributed by atoms with van der Waals surface area (Å²) in [6.45, 7) is 11.6. The molecule has 2 N–H and O–H groups in total. The van der Waals surface area contributed by atoms with Crippen molar-refractivity contribution in [2.45, 2.75) is 52.5 Å². The van der Waals surface area contributed by atoms with Gasteiger partial charge in [-0.3, -0.25) is 0 Å². The first kappa shape index (κ1) is 15.9. The van der Waals surface area contributed by atoms with E-state index in [9.17, 15) is 0 Å². The Kier molecular flexibility index (Phi) is 11.3. The van der Waals surface area contributed by atoms with Gasteiger partial charge in [0.15, 0.2) is 0 Å². The van der Waals surface area contributed by atoms with Crippen molar-refractivity contribution in [2.24, 2.45) is 0 Å². The van der Waals surface area contributed by atoms with Gasteiger partial charge in [-0.2, -0.15) is 0 Å². The summed E-state index contributed by atoms with van der Waals surface area (Å²) in [7, 11) is 0. The van der Waals surface area contributed by atoms with Crippen molar-refractivity contribution in [3.63, 3.8) is 0 Å². The highest BCUT2D eigenvalue weighted by Crippen LogP contribution is 1.99. The molecule has 0 aliphatic heterocycles. The molecule has 0 fully saturated rings. The van der Waals surface area contributed by atoms with E-state index in [1.54, 1.807) is 0 Å². The summed E-state index contributed by atoms with van der Waals surface area (Å²) in [4.78, 5) is 2.47. The molecule has 98 valence electrons. The van der Waals surface area contributed by atoms with Gasteiger partial charge in [0.2, 0.25) is 0 Å². The first-order valence-electron chi connectivity index (χ1n) is 6.81. The van der Waals surface area contributed by atoms with E-state index in [4.69, 9.17) is 5.11 Å². The molecule has 1 unspecified atom stereocenters. The van der Waals surface area contributed by atoms with E-state index in [1.165, 1.54) is 19.4 Å². The van der Waals surface area contributed by atoms with Crippen molar-refractivity contribution in [1.29, 1.82) is 0 Å². The zero-order valence-corrected chi connectivity index (χ0v) is 11.3. The van der Waals surface area contributed by atoms with Crippen LogP contribution in [0.2, 0.25) is 0 Å². The standard InChI is InChI=1S/C13H30N2O/c1-4-15(5-2)11-8-9-13(3)14-10-6-7-12-16/h13-14,16H,4-12H2,1-3H3. The van der Waals surface area contributed by atoms with Gasteiger partial charge in [-0.15, -0.1) is 0 Å². The number of aliphatic hydroxyl groups is 1. The van der Waals surface area contributed by atoms with Crippen molar-refractivity contribution >= 4 is 0 Å². The SMILES string of the molecule is CCN(CC)CCCC(C)NCCCCO. The Labute approximate surface area is 101 Å². The highest BCUT2D eigenvalue weighted by Gasteiger charge is 2.03. The maximum absolute atomic E-state index is 8.65. The molecule has 0 spiro atoms. The molecule has 0 aliphatic rings. The minimum Gasteiger partial charge on any atom is -0.396 e. The molecule has 0 rings (SSSR count). The molecule has 1 atom stereocenters. The van der Waals surface area contributed by atoms with Crippen LogP contribution in [-0.2, 0) is 0 Å². The number of hydrogen-bond acceptors (Lipinski definition) is 3. The van der Waals surface area contributed by atoms with Crippen LogP contribution in [0.25, 0.3) is 0 Å². The summed E-state index contributed by atoms with van der Waals surface area (Å²) < 4.78 is 0. The molecule has 0 amide bonds. The smallest absolute Gasteiger partial charge is 0.0431 e. The largest absolute Gasteiger partial charge is 0.396 e. The first-order chi connectivity index (χ1) is 7.74. The Balaban J connectivity index is 3.32. The van der Waals surface area contributed by atoms with Gasteiger partial charge in [0.1, 0.15) is 0 Å². The maximum Gasteiger partial charge on any atom is 0.0431 e. The van der Waals surface area contributed by atoms with Crippen LogP contribution in [0.5, 0.6) is 0 Å². The van der Waals surface area contributed by atoms with E-state index < -0.39 is 0 Å². The summed E-state index contributed by atoms with van der Waals surface area (Å²) in [6.07, 6.45) is 4.52. The van der Waals surface area contributed by atoms with Crippen LogP contribution < -0.4 is 5.32 Å². The van der Waals surface area contributed by atoms with Crippen molar-refractivity contribution in [3.8, 4) is 0 Å². The number of rotatable bonds is 11. The summed E-state index contributed by atoms with van der Waals surface area (Å²) >= 11 is 0. The summed E-state index contributed by atoms with van der Waals surface area (Å²) in [5.74, 6) is 0. The lowest BCUT2D eigenvalue weighted by Crippen LogP contribution is -2.29. The molecule has 3 nitrogen and oxygen atoms in total. The number of unbranched alkanes of at least 4 members (excludes halogenated alkanes) is 1. The fourth-order valence-electron chi connectivity index (χ4n) is 1.85. The normalized spacial score (nSPS) is 13.3. The van der Waals surface area contributed by atoms with E-state index in [1.807, 2.05) is 0 Å². The lowest BCUT2D eigenvalue weighted by Gasteiger charge is -2.19. The van der Waals surface area contributed by atoms with Gasteiger partial charge in [0, 0.05) is 12.6 Å². The lowest BCUT2D eigenvalue weighted by molar-refractivity contribution is 0.279. The van der Waals surface area contributed by atoms with E-state index in [2.05, 4.69) is 31.0 Å². The lowest BCUT2D eigenvalue weighted by atomic mass is 10.1. The molecule has 0 aromatic heterocycles. The van der Waals surface area contributed by atoms with Gasteiger partial charge in [0.05, 0.1) is 0 Å². The van der Waals surface area contributed by atoms with Crippen LogP contribution in [-0.4, -0.2) is 48.8 Å². The van der Waals surface area contributed by atoms with Crippen LogP contribution in [0.1, 0.15) is 46.5 Å². The van der Waals surface area contributed by atoms with Crippen molar-refractivity contribution < 1.29 is 5.11 Å². The molecular weight excluding hydrogens is 200 g/mol. The van der Waals surface area contributed by atoms with Crippen LogP contribution in [0.3, 0.4) is 0 Å². The van der Waals surface area contributed by atoms with E-state index in [0.29, 0.717) is 12.6 Å². The predicted octanol–water partition coefficient (Wildman–Crippen LogP) is 1.86. The van der Waals surface area contributed by atoms with Gasteiger partial charge in [-0.25, -0.2) is 0 Å². The Bertz CT molecular complexity index is 138. The Morgan fingerprint density at radius 1 is 1.12 bits per heavy atom. The highest BCUT2D eigenvalue weighted by molar-refractivity contribution is 4.62. The van der Waals surface area contributed by atoms with Crippen molar-refractivity contribution in [2.75, 3.05) is 32.8 Å². The third-order valence-corrected chi connectivity index (χ3v) is 3.08. The van der Waals surface area contributed by atoms with Crippen molar-refractivity contribution in [1.82, 2.24) is 10.2 Å². The monoisotopic (exact) mass is 230 g/mol. The number of nitrogens with one attached hydrogen (secondary N) is 1. The van der Waals surface area contributed by atoms with E-state index in [0.717, 1.165) is 32.5 Å². The summed E-state index contributed by atoms with van der Waals surface area (Å²) in [5, 5.41) is 12.2. The third-order valence-electron chi connectivity index (χ3n) is 3.08. The molecular formula is C13H30N2O. The number of nitrogens with zero attached hydrogens (tertiary/aromatic N) is 1. The predicted molar refractivity (Wildman–Crippen MR) is 70.8 cm³/mol. The van der Waals surface area contributed by atoms with Crippen LogP contribution >= 0.6 is 0 Å². The van der Waals surface area contributed by atoms with Crippen molar-refractivity contribution in [3.05, 3.63) is 0 Å². The molecule has 0 radical (unpaired) electrons. The zero-order chi connectivity index (χ0) is 12.2. The minimum atomic E-state index is 0.317. The number of aliphatic hydroxyl groups excluding tert-OH is 1. The Morgan fingerprint density at radius 3 is 2.38 bits per heavy atom. The molecule has 0 aromatic rings. The van der Waals surface area contributed by atoms with Gasteiger partial charge >= 0.3 is 0 Å². The average Bonchev–Trinajstić information content (AvgIpc) is 2.30. The molecule has 0 saturated heterocycles. The summed E-state index contributed by atoms with van der Waals surface area (Å²) in [6, 6.07) is 0.606. The topological polar surface area (TPSA) is 35.5 Å². The first-order valence-corrected chi connectivity index (χ1v) is 6.81. The Morgan fingerprint density at radius 2 is 1.81 bits per heavy atom. The average molecular weight is 230 g/mol. The van der Waals surface area contributed by atoms with Gasteiger partial charge < -0.3 is 15.3 Å². The number of hydrogen-bond donors (Lipinski definition) is 2. The molecule has 0 heterocycles. The fourth-order valence-corrected chi connectivity index (χ4v) is 1.85. The zero-order valence-electron chi connectivity index (χ0n) is 11.3. The van der Waals surface area contributed by atoms with Gasteiger partial charge in [0.25, 0.3) is 0 Å².